The van der Waals surface area contributed by atoms with E-state index in [0.29, 0.717) is 18.3 Å². The van der Waals surface area contributed by atoms with Crippen LogP contribution in [0, 0.1) is 17.8 Å². The van der Waals surface area contributed by atoms with Crippen molar-refractivity contribution in [3.05, 3.63) is 0 Å². The van der Waals surface area contributed by atoms with Crippen LogP contribution in [0.25, 0.3) is 0 Å². The van der Waals surface area contributed by atoms with Gasteiger partial charge in [0.1, 0.15) is 0 Å². The highest BCUT2D eigenvalue weighted by molar-refractivity contribution is 5.86. The zero-order valence-electron chi connectivity index (χ0n) is 13.4. The number of fused-ring (bicyclic) bond motifs is 2. The van der Waals surface area contributed by atoms with Gasteiger partial charge in [0.15, 0.2) is 6.61 Å². The maximum Gasteiger partial charge on any atom is 0.306 e. The molecule has 0 saturated heterocycles. The minimum Gasteiger partial charge on any atom is -0.456 e. The SMILES string of the molecule is CC(C)NC(=O)CNC(=O)COC(=O)C[C@H]1C[C@@H]2CC[C@H]1C2. The lowest BCUT2D eigenvalue weighted by atomic mass is 9.86. The average Bonchev–Trinajstić information content (AvgIpc) is 3.04. The molecule has 2 aliphatic rings. The smallest absolute Gasteiger partial charge is 0.306 e. The van der Waals surface area contributed by atoms with E-state index in [1.165, 1.54) is 19.3 Å². The molecule has 0 radical (unpaired) electrons. The fourth-order valence-electron chi connectivity index (χ4n) is 3.65. The third-order valence-corrected chi connectivity index (χ3v) is 4.57. The highest BCUT2D eigenvalue weighted by Crippen LogP contribution is 2.49. The van der Waals surface area contributed by atoms with E-state index in [1.54, 1.807) is 0 Å². The molecule has 2 saturated carbocycles. The Morgan fingerprint density at radius 2 is 1.91 bits per heavy atom. The second-order valence-electron chi connectivity index (χ2n) is 6.80. The Kier molecular flexibility index (Phi) is 5.80. The minimum atomic E-state index is -0.444. The number of nitrogens with one attached hydrogen (secondary N) is 2. The third-order valence-electron chi connectivity index (χ3n) is 4.57. The van der Waals surface area contributed by atoms with Crippen LogP contribution in [0.4, 0.5) is 0 Å². The van der Waals surface area contributed by atoms with Crippen LogP contribution in [-0.4, -0.2) is 37.0 Å². The standard InChI is InChI=1S/C16H26N2O4/c1-10(2)18-14(19)8-17-15(20)9-22-16(21)7-13-6-11-3-4-12(13)5-11/h10-13H,3-9H2,1-2H3,(H,17,20)(H,18,19)/t11-,12+,13-/m1/s1. The van der Waals surface area contributed by atoms with E-state index in [0.717, 1.165) is 12.3 Å². The number of hydrogen-bond donors (Lipinski definition) is 2. The predicted molar refractivity (Wildman–Crippen MR) is 80.8 cm³/mol. The monoisotopic (exact) mass is 310 g/mol. The molecule has 0 unspecified atom stereocenters. The normalized spacial score (nSPS) is 26.0. The molecule has 22 heavy (non-hydrogen) atoms. The first kappa shape index (κ1) is 16.8. The van der Waals surface area contributed by atoms with E-state index in [1.807, 2.05) is 13.8 Å². The van der Waals surface area contributed by atoms with Gasteiger partial charge in [0.05, 0.1) is 6.54 Å². The summed E-state index contributed by atoms with van der Waals surface area (Å²) in [5, 5.41) is 5.10. The maximum atomic E-state index is 11.8. The molecule has 0 aromatic carbocycles. The second kappa shape index (κ2) is 7.61. The van der Waals surface area contributed by atoms with Crippen LogP contribution in [-0.2, 0) is 19.1 Å². The Morgan fingerprint density at radius 1 is 1.14 bits per heavy atom. The van der Waals surface area contributed by atoms with Crippen molar-refractivity contribution >= 4 is 17.8 Å². The topological polar surface area (TPSA) is 84.5 Å². The summed E-state index contributed by atoms with van der Waals surface area (Å²) in [7, 11) is 0. The number of hydrogen-bond acceptors (Lipinski definition) is 4. The van der Waals surface area contributed by atoms with Gasteiger partial charge in [-0.3, -0.25) is 14.4 Å². The van der Waals surface area contributed by atoms with Gasteiger partial charge in [-0.1, -0.05) is 6.42 Å². The molecule has 2 aliphatic carbocycles. The summed E-state index contributed by atoms with van der Waals surface area (Å²) < 4.78 is 5.00. The molecule has 124 valence electrons. The number of rotatable bonds is 7. The summed E-state index contributed by atoms with van der Waals surface area (Å²) in [6.45, 7) is 3.28. The first-order chi connectivity index (χ1) is 10.4. The van der Waals surface area contributed by atoms with Crippen LogP contribution in [0.15, 0.2) is 0 Å². The van der Waals surface area contributed by atoms with Gasteiger partial charge in [-0.05, 0) is 50.9 Å². The third kappa shape index (κ3) is 5.00. The molecule has 2 N–H and O–H groups in total. The summed E-state index contributed by atoms with van der Waals surface area (Å²) in [6, 6.07) is 0.0315. The van der Waals surface area contributed by atoms with Crippen LogP contribution < -0.4 is 10.6 Å². The number of esters is 1. The van der Waals surface area contributed by atoms with Gasteiger partial charge in [0.25, 0.3) is 5.91 Å². The van der Waals surface area contributed by atoms with Crippen molar-refractivity contribution in [3.8, 4) is 0 Å². The minimum absolute atomic E-state index is 0.0315. The summed E-state index contributed by atoms with van der Waals surface area (Å²) in [5.74, 6) is 0.902. The molecule has 3 atom stereocenters. The van der Waals surface area contributed by atoms with Gasteiger partial charge in [0.2, 0.25) is 5.91 Å². The zero-order valence-corrected chi connectivity index (χ0v) is 13.4. The van der Waals surface area contributed by atoms with Crippen molar-refractivity contribution in [3.63, 3.8) is 0 Å². The molecule has 0 aromatic rings. The molecule has 2 bridgehead atoms. The van der Waals surface area contributed by atoms with Gasteiger partial charge in [-0.15, -0.1) is 0 Å². The number of ether oxygens (including phenoxy) is 1. The zero-order chi connectivity index (χ0) is 16.1. The second-order valence-corrected chi connectivity index (χ2v) is 6.80. The molecule has 2 fully saturated rings. The fourth-order valence-corrected chi connectivity index (χ4v) is 3.65. The maximum absolute atomic E-state index is 11.8. The Hall–Kier alpha value is -1.59. The van der Waals surface area contributed by atoms with Crippen LogP contribution >= 0.6 is 0 Å². The summed E-state index contributed by atoms with van der Waals surface area (Å²) in [4.78, 5) is 34.7. The Morgan fingerprint density at radius 3 is 2.50 bits per heavy atom. The molecular weight excluding hydrogens is 284 g/mol. The van der Waals surface area contributed by atoms with Crippen molar-refractivity contribution in [2.75, 3.05) is 13.2 Å². The molecular formula is C16H26N2O4. The summed E-state index contributed by atoms with van der Waals surface area (Å²) in [6.07, 6.45) is 5.33. The number of carbonyl (C=O) groups excluding carboxylic acids is 3. The largest absolute Gasteiger partial charge is 0.456 e. The number of carbonyl (C=O) groups is 3. The highest BCUT2D eigenvalue weighted by Gasteiger charge is 2.40. The molecule has 0 heterocycles. The highest BCUT2D eigenvalue weighted by atomic mass is 16.5. The van der Waals surface area contributed by atoms with Gasteiger partial charge in [-0.2, -0.15) is 0 Å². The first-order valence-corrected chi connectivity index (χ1v) is 8.15. The average molecular weight is 310 g/mol. The molecule has 6 heteroatoms. The van der Waals surface area contributed by atoms with Crippen molar-refractivity contribution in [1.82, 2.24) is 10.6 Å². The quantitative estimate of drug-likeness (QED) is 0.687. The lowest BCUT2D eigenvalue weighted by Crippen LogP contribution is -2.41. The summed E-state index contributed by atoms with van der Waals surface area (Å²) >= 11 is 0. The van der Waals surface area contributed by atoms with E-state index in [-0.39, 0.29) is 31.1 Å². The van der Waals surface area contributed by atoms with Gasteiger partial charge in [0, 0.05) is 12.5 Å². The summed E-state index contributed by atoms with van der Waals surface area (Å²) in [5.41, 5.74) is 0. The first-order valence-electron chi connectivity index (χ1n) is 8.15. The van der Waals surface area contributed by atoms with E-state index >= 15 is 0 Å². The van der Waals surface area contributed by atoms with Gasteiger partial charge < -0.3 is 15.4 Å². The van der Waals surface area contributed by atoms with Crippen LogP contribution in [0.3, 0.4) is 0 Å². The van der Waals surface area contributed by atoms with E-state index in [4.69, 9.17) is 4.74 Å². The van der Waals surface area contributed by atoms with Crippen molar-refractivity contribution < 1.29 is 19.1 Å². The van der Waals surface area contributed by atoms with Crippen LogP contribution in [0.1, 0.15) is 46.0 Å². The van der Waals surface area contributed by atoms with E-state index in [9.17, 15) is 14.4 Å². The molecule has 2 rings (SSSR count). The Balaban J connectivity index is 1.58. The Bertz CT molecular complexity index is 436. The van der Waals surface area contributed by atoms with Gasteiger partial charge >= 0.3 is 5.97 Å². The molecule has 0 aromatic heterocycles. The van der Waals surface area contributed by atoms with Crippen molar-refractivity contribution in [2.24, 2.45) is 17.8 Å². The van der Waals surface area contributed by atoms with Crippen molar-refractivity contribution in [1.29, 1.82) is 0 Å². The Labute approximate surface area is 131 Å². The predicted octanol–water partition coefficient (Wildman–Crippen LogP) is 0.997. The fraction of sp³-hybridized carbons (Fsp3) is 0.812. The van der Waals surface area contributed by atoms with Crippen molar-refractivity contribution in [2.45, 2.75) is 52.0 Å². The lowest BCUT2D eigenvalue weighted by molar-refractivity contribution is -0.149. The van der Waals surface area contributed by atoms with Crippen LogP contribution in [0.5, 0.6) is 0 Å². The van der Waals surface area contributed by atoms with E-state index in [2.05, 4.69) is 10.6 Å². The molecule has 0 spiro atoms. The molecule has 2 amide bonds. The van der Waals surface area contributed by atoms with Crippen LogP contribution in [0.2, 0.25) is 0 Å². The molecule has 6 nitrogen and oxygen atoms in total. The lowest BCUT2D eigenvalue weighted by Gasteiger charge is -2.20. The number of amides is 2. The van der Waals surface area contributed by atoms with Gasteiger partial charge in [-0.25, -0.2) is 0 Å². The van der Waals surface area contributed by atoms with E-state index < -0.39 is 5.91 Å². The molecule has 0 aliphatic heterocycles.